The SMILES string of the molecule is CCCNC(=O)CCNc1cc(C(=O)OCC)c(N)cn1. The monoisotopic (exact) mass is 294 g/mol. The molecule has 0 unspecified atom stereocenters. The molecule has 0 bridgehead atoms. The number of carbonyl (C=O) groups is 2. The average molecular weight is 294 g/mol. The van der Waals surface area contributed by atoms with E-state index in [4.69, 9.17) is 10.5 Å². The molecule has 0 fully saturated rings. The van der Waals surface area contributed by atoms with Gasteiger partial charge in [-0.3, -0.25) is 4.79 Å². The van der Waals surface area contributed by atoms with Crippen LogP contribution in [-0.4, -0.2) is 36.6 Å². The topological polar surface area (TPSA) is 106 Å². The highest BCUT2D eigenvalue weighted by Crippen LogP contribution is 2.16. The van der Waals surface area contributed by atoms with Crippen LogP contribution in [0, 0.1) is 0 Å². The molecule has 1 aromatic heterocycles. The van der Waals surface area contributed by atoms with Crippen LogP contribution in [0.15, 0.2) is 12.3 Å². The van der Waals surface area contributed by atoms with Crippen molar-refractivity contribution < 1.29 is 14.3 Å². The Bertz CT molecular complexity index is 491. The van der Waals surface area contributed by atoms with Crippen molar-refractivity contribution in [1.82, 2.24) is 10.3 Å². The summed E-state index contributed by atoms with van der Waals surface area (Å²) in [5.41, 5.74) is 6.23. The Hall–Kier alpha value is -2.31. The Morgan fingerprint density at radius 1 is 1.33 bits per heavy atom. The third-order valence-electron chi connectivity index (χ3n) is 2.66. The van der Waals surface area contributed by atoms with Crippen molar-refractivity contribution in [1.29, 1.82) is 0 Å². The van der Waals surface area contributed by atoms with Crippen LogP contribution < -0.4 is 16.4 Å². The van der Waals surface area contributed by atoms with E-state index in [1.54, 1.807) is 6.92 Å². The lowest BCUT2D eigenvalue weighted by atomic mass is 10.2. The molecule has 0 saturated carbocycles. The first-order chi connectivity index (χ1) is 10.1. The highest BCUT2D eigenvalue weighted by atomic mass is 16.5. The fourth-order valence-electron chi connectivity index (χ4n) is 1.61. The van der Waals surface area contributed by atoms with Crippen molar-refractivity contribution in [2.75, 3.05) is 30.7 Å². The Labute approximate surface area is 124 Å². The van der Waals surface area contributed by atoms with E-state index in [9.17, 15) is 9.59 Å². The zero-order valence-electron chi connectivity index (χ0n) is 12.4. The van der Waals surface area contributed by atoms with Gasteiger partial charge in [0.05, 0.1) is 24.1 Å². The maximum absolute atomic E-state index is 11.7. The number of hydrogen-bond donors (Lipinski definition) is 3. The minimum Gasteiger partial charge on any atom is -0.462 e. The second-order valence-corrected chi connectivity index (χ2v) is 4.40. The van der Waals surface area contributed by atoms with E-state index in [1.807, 2.05) is 6.92 Å². The number of nitrogens with one attached hydrogen (secondary N) is 2. The van der Waals surface area contributed by atoms with Gasteiger partial charge in [0.15, 0.2) is 0 Å². The predicted octanol–water partition coefficient (Wildman–Crippen LogP) is 1.17. The first-order valence-electron chi connectivity index (χ1n) is 7.01. The molecule has 1 amide bonds. The first kappa shape index (κ1) is 16.7. The smallest absolute Gasteiger partial charge is 0.340 e. The summed E-state index contributed by atoms with van der Waals surface area (Å²) in [4.78, 5) is 27.2. The molecule has 0 atom stereocenters. The number of aromatic nitrogens is 1. The summed E-state index contributed by atoms with van der Waals surface area (Å²) in [6.45, 7) is 5.10. The molecule has 1 aromatic rings. The summed E-state index contributed by atoms with van der Waals surface area (Å²) >= 11 is 0. The number of amides is 1. The highest BCUT2D eigenvalue weighted by Gasteiger charge is 2.12. The van der Waals surface area contributed by atoms with Gasteiger partial charge >= 0.3 is 5.97 Å². The number of nitrogens with two attached hydrogens (primary N) is 1. The normalized spacial score (nSPS) is 10.0. The molecule has 21 heavy (non-hydrogen) atoms. The Balaban J connectivity index is 2.54. The molecule has 0 aliphatic rings. The van der Waals surface area contributed by atoms with E-state index in [-0.39, 0.29) is 23.8 Å². The van der Waals surface area contributed by atoms with Crippen LogP contribution in [0.1, 0.15) is 37.0 Å². The Morgan fingerprint density at radius 3 is 2.76 bits per heavy atom. The first-order valence-corrected chi connectivity index (χ1v) is 7.01. The number of hydrogen-bond acceptors (Lipinski definition) is 6. The number of ether oxygens (including phenoxy) is 1. The highest BCUT2D eigenvalue weighted by molar-refractivity contribution is 5.95. The molecular weight excluding hydrogens is 272 g/mol. The van der Waals surface area contributed by atoms with E-state index >= 15 is 0 Å². The zero-order chi connectivity index (χ0) is 15.7. The van der Waals surface area contributed by atoms with Gasteiger partial charge in [-0.2, -0.15) is 0 Å². The van der Waals surface area contributed by atoms with Gasteiger partial charge in [-0.05, 0) is 19.4 Å². The van der Waals surface area contributed by atoms with E-state index in [2.05, 4.69) is 15.6 Å². The van der Waals surface area contributed by atoms with E-state index in [1.165, 1.54) is 12.3 Å². The lowest BCUT2D eigenvalue weighted by molar-refractivity contribution is -0.120. The number of nitrogen functional groups attached to an aromatic ring is 1. The number of rotatable bonds is 8. The van der Waals surface area contributed by atoms with Crippen LogP contribution in [0.5, 0.6) is 0 Å². The fourth-order valence-corrected chi connectivity index (χ4v) is 1.61. The second kappa shape index (κ2) is 8.78. The van der Waals surface area contributed by atoms with E-state index < -0.39 is 5.97 Å². The van der Waals surface area contributed by atoms with Gasteiger partial charge in [-0.25, -0.2) is 9.78 Å². The van der Waals surface area contributed by atoms with Crippen LogP contribution in [0.3, 0.4) is 0 Å². The van der Waals surface area contributed by atoms with Crippen molar-refractivity contribution in [2.24, 2.45) is 0 Å². The molecule has 0 spiro atoms. The maximum Gasteiger partial charge on any atom is 0.340 e. The van der Waals surface area contributed by atoms with Gasteiger partial charge < -0.3 is 21.1 Å². The van der Waals surface area contributed by atoms with Crippen molar-refractivity contribution in [2.45, 2.75) is 26.7 Å². The second-order valence-electron chi connectivity index (χ2n) is 4.40. The lowest BCUT2D eigenvalue weighted by Crippen LogP contribution is -2.26. The van der Waals surface area contributed by atoms with Crippen molar-refractivity contribution in [3.8, 4) is 0 Å². The van der Waals surface area contributed by atoms with Gasteiger partial charge in [-0.15, -0.1) is 0 Å². The van der Waals surface area contributed by atoms with Crippen LogP contribution in [-0.2, 0) is 9.53 Å². The molecule has 1 heterocycles. The number of carbonyl (C=O) groups excluding carboxylic acids is 2. The molecule has 116 valence electrons. The van der Waals surface area contributed by atoms with Crippen LogP contribution in [0.4, 0.5) is 11.5 Å². The summed E-state index contributed by atoms with van der Waals surface area (Å²) < 4.78 is 4.91. The Morgan fingerprint density at radius 2 is 2.10 bits per heavy atom. The minimum atomic E-state index is -0.485. The fraction of sp³-hybridized carbons (Fsp3) is 0.500. The molecule has 7 heteroatoms. The standard InChI is InChI=1S/C14H22N4O3/c1-3-6-17-13(19)5-7-16-12-8-10(11(15)9-18-12)14(20)21-4-2/h8-9H,3-7,15H2,1-2H3,(H,16,18)(H,17,19). The van der Waals surface area contributed by atoms with Gasteiger partial charge in [0.1, 0.15) is 5.82 Å². The molecule has 4 N–H and O–H groups in total. The van der Waals surface area contributed by atoms with Crippen molar-refractivity contribution in [3.05, 3.63) is 17.8 Å². The predicted molar refractivity (Wildman–Crippen MR) is 81.0 cm³/mol. The van der Waals surface area contributed by atoms with Crippen LogP contribution in [0.25, 0.3) is 0 Å². The average Bonchev–Trinajstić information content (AvgIpc) is 2.47. The number of esters is 1. The van der Waals surface area contributed by atoms with Crippen molar-refractivity contribution >= 4 is 23.4 Å². The molecule has 1 rings (SSSR count). The summed E-state index contributed by atoms with van der Waals surface area (Å²) in [5.74, 6) is -0.0258. The number of pyridine rings is 1. The molecule has 7 nitrogen and oxygen atoms in total. The van der Waals surface area contributed by atoms with Crippen molar-refractivity contribution in [3.63, 3.8) is 0 Å². The Kier molecular flexibility index (Phi) is 7.00. The summed E-state index contributed by atoms with van der Waals surface area (Å²) in [5, 5.41) is 5.76. The van der Waals surface area contributed by atoms with Gasteiger partial charge in [0, 0.05) is 19.5 Å². The minimum absolute atomic E-state index is 0.0228. The quantitative estimate of drug-likeness (QED) is 0.621. The third kappa shape index (κ3) is 5.68. The molecular formula is C14H22N4O3. The van der Waals surface area contributed by atoms with Gasteiger partial charge in [-0.1, -0.05) is 6.92 Å². The largest absolute Gasteiger partial charge is 0.462 e. The molecule has 0 aliphatic carbocycles. The summed E-state index contributed by atoms with van der Waals surface area (Å²) in [6, 6.07) is 1.53. The lowest BCUT2D eigenvalue weighted by Gasteiger charge is -2.09. The van der Waals surface area contributed by atoms with Gasteiger partial charge in [0.25, 0.3) is 0 Å². The third-order valence-corrected chi connectivity index (χ3v) is 2.66. The molecule has 0 radical (unpaired) electrons. The van der Waals surface area contributed by atoms with E-state index in [0.717, 1.165) is 6.42 Å². The molecule has 0 saturated heterocycles. The van der Waals surface area contributed by atoms with E-state index in [0.29, 0.717) is 25.3 Å². The number of nitrogens with zero attached hydrogens (tertiary/aromatic N) is 1. The van der Waals surface area contributed by atoms with Crippen LogP contribution in [0.2, 0.25) is 0 Å². The maximum atomic E-state index is 11.7. The molecule has 0 aromatic carbocycles. The summed E-state index contributed by atoms with van der Waals surface area (Å²) in [7, 11) is 0. The van der Waals surface area contributed by atoms with Gasteiger partial charge in [0.2, 0.25) is 5.91 Å². The zero-order valence-corrected chi connectivity index (χ0v) is 12.4. The molecule has 0 aliphatic heterocycles. The number of anilines is 2. The van der Waals surface area contributed by atoms with Crippen LogP contribution >= 0.6 is 0 Å². The summed E-state index contributed by atoms with van der Waals surface area (Å²) in [6.07, 6.45) is 2.63.